The predicted octanol–water partition coefficient (Wildman–Crippen LogP) is 0.297. The first-order valence-corrected chi connectivity index (χ1v) is 7.43. The smallest absolute Gasteiger partial charge is 0.242 e. The summed E-state index contributed by atoms with van der Waals surface area (Å²) in [5, 5.41) is 3.26. The van der Waals surface area contributed by atoms with Crippen molar-refractivity contribution < 1.29 is 19.0 Å². The summed E-state index contributed by atoms with van der Waals surface area (Å²) in [6, 6.07) is -0.197. The van der Waals surface area contributed by atoms with Crippen molar-refractivity contribution >= 4 is 18.3 Å². The summed E-state index contributed by atoms with van der Waals surface area (Å²) in [6.45, 7) is 6.94. The zero-order valence-electron chi connectivity index (χ0n) is 12.9. The van der Waals surface area contributed by atoms with Gasteiger partial charge in [-0.3, -0.25) is 4.79 Å². The molecule has 2 aliphatic heterocycles. The van der Waals surface area contributed by atoms with Crippen molar-refractivity contribution in [1.29, 1.82) is 0 Å². The van der Waals surface area contributed by atoms with Gasteiger partial charge in [0.2, 0.25) is 5.91 Å². The van der Waals surface area contributed by atoms with Crippen LogP contribution in [0.25, 0.3) is 0 Å². The monoisotopic (exact) mass is 322 g/mol. The van der Waals surface area contributed by atoms with E-state index in [1.54, 1.807) is 7.11 Å². The number of carbonyl (C=O) groups excluding carboxylic acids is 1. The molecule has 6 nitrogen and oxygen atoms in total. The molecule has 0 radical (unpaired) electrons. The molecule has 0 aromatic heterocycles. The number of likely N-dealkylation sites (tertiary alicyclic amines) is 1. The Morgan fingerprint density at radius 2 is 2.24 bits per heavy atom. The van der Waals surface area contributed by atoms with Gasteiger partial charge < -0.3 is 24.4 Å². The maximum absolute atomic E-state index is 12.5. The van der Waals surface area contributed by atoms with E-state index in [1.807, 2.05) is 11.8 Å². The van der Waals surface area contributed by atoms with E-state index in [-0.39, 0.29) is 30.5 Å². The van der Waals surface area contributed by atoms with Gasteiger partial charge in [-0.25, -0.2) is 0 Å². The standard InChI is InChI=1S/C14H26N2O4.ClH/c1-11-13(15-4-6-20-11)14(17)16-5-3-12(9-16)10-19-8-7-18-2;/h11-13,15H,3-10H2,1-2H3;1H/t11-,12?,13+;/m1./s1. The maximum Gasteiger partial charge on any atom is 0.242 e. The molecule has 2 aliphatic rings. The highest BCUT2D eigenvalue weighted by Gasteiger charge is 2.35. The van der Waals surface area contributed by atoms with Crippen LogP contribution >= 0.6 is 12.4 Å². The van der Waals surface area contributed by atoms with E-state index < -0.39 is 0 Å². The Bertz CT molecular complexity index is 319. The Morgan fingerprint density at radius 3 is 2.95 bits per heavy atom. The number of halogens is 1. The second-order valence-corrected chi connectivity index (χ2v) is 5.51. The lowest BCUT2D eigenvalue weighted by Crippen LogP contribution is -2.56. The molecule has 0 spiro atoms. The second-order valence-electron chi connectivity index (χ2n) is 5.51. The van der Waals surface area contributed by atoms with Gasteiger partial charge in [0.25, 0.3) is 0 Å². The van der Waals surface area contributed by atoms with E-state index in [4.69, 9.17) is 14.2 Å². The summed E-state index contributed by atoms with van der Waals surface area (Å²) >= 11 is 0. The Balaban J connectivity index is 0.00000220. The van der Waals surface area contributed by atoms with Crippen LogP contribution in [-0.2, 0) is 19.0 Å². The van der Waals surface area contributed by atoms with Crippen molar-refractivity contribution in [1.82, 2.24) is 10.2 Å². The molecular formula is C14H27ClN2O4. The third kappa shape index (κ3) is 5.38. The molecule has 124 valence electrons. The Morgan fingerprint density at radius 1 is 1.43 bits per heavy atom. The highest BCUT2D eigenvalue weighted by molar-refractivity contribution is 5.85. The maximum atomic E-state index is 12.5. The van der Waals surface area contributed by atoms with Crippen molar-refractivity contribution in [2.45, 2.75) is 25.5 Å². The third-order valence-electron chi connectivity index (χ3n) is 3.97. The quantitative estimate of drug-likeness (QED) is 0.713. The Labute approximate surface area is 132 Å². The van der Waals surface area contributed by atoms with Gasteiger partial charge >= 0.3 is 0 Å². The number of methoxy groups -OCH3 is 1. The lowest BCUT2D eigenvalue weighted by molar-refractivity contribution is -0.138. The van der Waals surface area contributed by atoms with E-state index in [1.165, 1.54) is 0 Å². The normalized spacial score (nSPS) is 29.2. The first-order valence-electron chi connectivity index (χ1n) is 7.43. The molecule has 1 N–H and O–H groups in total. The van der Waals surface area contributed by atoms with Crippen LogP contribution in [0.1, 0.15) is 13.3 Å². The van der Waals surface area contributed by atoms with Gasteiger partial charge in [-0.2, -0.15) is 0 Å². The zero-order chi connectivity index (χ0) is 14.4. The molecule has 2 saturated heterocycles. The lowest BCUT2D eigenvalue weighted by atomic mass is 10.1. The molecule has 0 aliphatic carbocycles. The predicted molar refractivity (Wildman–Crippen MR) is 81.8 cm³/mol. The SMILES string of the molecule is COCCOCC1CCN(C(=O)[C@H]2NCCO[C@@H]2C)C1.Cl. The van der Waals surface area contributed by atoms with Crippen LogP contribution < -0.4 is 5.32 Å². The number of nitrogens with zero attached hydrogens (tertiary/aromatic N) is 1. The molecule has 1 amide bonds. The van der Waals surface area contributed by atoms with Crippen LogP contribution in [0.5, 0.6) is 0 Å². The molecule has 2 rings (SSSR count). The summed E-state index contributed by atoms with van der Waals surface area (Å²) in [4.78, 5) is 14.4. The minimum atomic E-state index is -0.197. The van der Waals surface area contributed by atoms with Gasteiger partial charge in [0.05, 0.1) is 32.5 Å². The van der Waals surface area contributed by atoms with Crippen LogP contribution in [0, 0.1) is 5.92 Å². The molecule has 0 aromatic carbocycles. The molecule has 2 heterocycles. The van der Waals surface area contributed by atoms with Crippen LogP contribution in [0.3, 0.4) is 0 Å². The largest absolute Gasteiger partial charge is 0.382 e. The number of carbonyl (C=O) groups is 1. The van der Waals surface area contributed by atoms with E-state index in [0.29, 0.717) is 32.3 Å². The minimum absolute atomic E-state index is 0. The number of hydrogen-bond donors (Lipinski definition) is 1. The summed E-state index contributed by atoms with van der Waals surface area (Å²) in [7, 11) is 1.67. The lowest BCUT2D eigenvalue weighted by Gasteiger charge is -2.32. The molecule has 7 heteroatoms. The van der Waals surface area contributed by atoms with Gasteiger partial charge in [0.15, 0.2) is 0 Å². The average molecular weight is 323 g/mol. The average Bonchev–Trinajstić information content (AvgIpc) is 2.92. The first-order chi connectivity index (χ1) is 9.72. The van der Waals surface area contributed by atoms with Crippen molar-refractivity contribution in [2.75, 3.05) is 53.2 Å². The van der Waals surface area contributed by atoms with Gasteiger partial charge in [-0.15, -0.1) is 12.4 Å². The Kier molecular flexibility index (Phi) is 8.51. The van der Waals surface area contributed by atoms with Crippen molar-refractivity contribution in [3.05, 3.63) is 0 Å². The zero-order valence-corrected chi connectivity index (χ0v) is 13.7. The van der Waals surface area contributed by atoms with E-state index in [2.05, 4.69) is 5.32 Å². The van der Waals surface area contributed by atoms with Crippen LogP contribution in [-0.4, -0.2) is 76.1 Å². The minimum Gasteiger partial charge on any atom is -0.382 e. The fourth-order valence-electron chi connectivity index (χ4n) is 2.77. The Hall–Kier alpha value is -0.400. The number of amides is 1. The molecule has 0 aromatic rings. The molecule has 2 fully saturated rings. The molecule has 0 saturated carbocycles. The van der Waals surface area contributed by atoms with E-state index in [0.717, 1.165) is 26.1 Å². The number of rotatable bonds is 6. The highest BCUT2D eigenvalue weighted by Crippen LogP contribution is 2.19. The summed E-state index contributed by atoms with van der Waals surface area (Å²) < 4.78 is 16.0. The summed E-state index contributed by atoms with van der Waals surface area (Å²) in [6.07, 6.45) is 0.967. The number of ether oxygens (including phenoxy) is 3. The van der Waals surface area contributed by atoms with Gasteiger partial charge in [0, 0.05) is 32.7 Å². The van der Waals surface area contributed by atoms with Crippen molar-refractivity contribution in [3.8, 4) is 0 Å². The topological polar surface area (TPSA) is 60.0 Å². The van der Waals surface area contributed by atoms with Crippen molar-refractivity contribution in [3.63, 3.8) is 0 Å². The van der Waals surface area contributed by atoms with Crippen molar-refractivity contribution in [2.24, 2.45) is 5.92 Å². The van der Waals surface area contributed by atoms with E-state index in [9.17, 15) is 4.79 Å². The van der Waals surface area contributed by atoms with Crippen LogP contribution in [0.2, 0.25) is 0 Å². The molecular weight excluding hydrogens is 296 g/mol. The first kappa shape index (κ1) is 18.6. The summed E-state index contributed by atoms with van der Waals surface area (Å²) in [5.41, 5.74) is 0. The molecule has 0 bridgehead atoms. The number of morpholine rings is 1. The fraction of sp³-hybridized carbons (Fsp3) is 0.929. The van der Waals surface area contributed by atoms with Gasteiger partial charge in [-0.1, -0.05) is 0 Å². The summed E-state index contributed by atoms with van der Waals surface area (Å²) in [5.74, 6) is 0.604. The molecule has 3 atom stereocenters. The fourth-order valence-corrected chi connectivity index (χ4v) is 2.77. The third-order valence-corrected chi connectivity index (χ3v) is 3.97. The number of hydrogen-bond acceptors (Lipinski definition) is 5. The van der Waals surface area contributed by atoms with Crippen LogP contribution in [0.15, 0.2) is 0 Å². The molecule has 21 heavy (non-hydrogen) atoms. The highest BCUT2D eigenvalue weighted by atomic mass is 35.5. The van der Waals surface area contributed by atoms with Crippen LogP contribution in [0.4, 0.5) is 0 Å². The second kappa shape index (κ2) is 9.58. The van der Waals surface area contributed by atoms with Gasteiger partial charge in [-0.05, 0) is 13.3 Å². The number of nitrogens with one attached hydrogen (secondary N) is 1. The molecule has 1 unspecified atom stereocenters. The van der Waals surface area contributed by atoms with E-state index >= 15 is 0 Å². The van der Waals surface area contributed by atoms with Gasteiger partial charge in [0.1, 0.15) is 6.04 Å².